The minimum atomic E-state index is -4.45. The highest BCUT2D eigenvalue weighted by Gasteiger charge is 2.35. The maximum Gasteiger partial charge on any atom is 0.416 e. The summed E-state index contributed by atoms with van der Waals surface area (Å²) in [6.07, 6.45) is -5.25. The molecular formula is C13H17F3O2. The van der Waals surface area contributed by atoms with Crippen LogP contribution in [0.2, 0.25) is 0 Å². The molecule has 0 bridgehead atoms. The maximum atomic E-state index is 12.5. The van der Waals surface area contributed by atoms with Crippen LogP contribution in [-0.4, -0.2) is 15.8 Å². The van der Waals surface area contributed by atoms with Crippen LogP contribution in [0.25, 0.3) is 0 Å². The monoisotopic (exact) mass is 262 g/mol. The Morgan fingerprint density at radius 1 is 1.17 bits per heavy atom. The Hall–Kier alpha value is -1.07. The fraction of sp³-hybridized carbons (Fsp3) is 0.538. The molecule has 2 N–H and O–H groups in total. The van der Waals surface area contributed by atoms with Gasteiger partial charge >= 0.3 is 6.18 Å². The average Bonchev–Trinajstić information content (AvgIpc) is 2.36. The van der Waals surface area contributed by atoms with Crippen LogP contribution < -0.4 is 0 Å². The van der Waals surface area contributed by atoms with Gasteiger partial charge in [0.15, 0.2) is 0 Å². The number of rotatable bonds is 4. The number of alkyl halides is 3. The summed E-state index contributed by atoms with van der Waals surface area (Å²) in [7, 11) is 0. The van der Waals surface area contributed by atoms with Crippen molar-refractivity contribution in [3.05, 3.63) is 35.4 Å². The van der Waals surface area contributed by atoms with Gasteiger partial charge in [0, 0.05) is 0 Å². The normalized spacial score (nSPS) is 14.6. The molecule has 1 aromatic carbocycles. The third kappa shape index (κ3) is 3.03. The lowest BCUT2D eigenvalue weighted by Crippen LogP contribution is -2.35. The van der Waals surface area contributed by atoms with Crippen molar-refractivity contribution in [2.75, 3.05) is 0 Å². The quantitative estimate of drug-likeness (QED) is 0.874. The molecule has 1 rings (SSSR count). The molecule has 0 heterocycles. The van der Waals surface area contributed by atoms with Gasteiger partial charge in [0.1, 0.15) is 6.10 Å². The second kappa shape index (κ2) is 5.28. The van der Waals surface area contributed by atoms with E-state index in [9.17, 15) is 23.4 Å². The standard InChI is InChI=1S/C13H17F3O2/c1-3-12(18,4-2)11(17)9-6-5-7-10(8-9)13(14,15)16/h5-8,11,17-18H,3-4H2,1-2H3. The number of hydrogen-bond donors (Lipinski definition) is 2. The molecule has 1 atom stereocenters. The molecule has 0 saturated carbocycles. The topological polar surface area (TPSA) is 40.5 Å². The molecule has 0 aliphatic rings. The highest BCUT2D eigenvalue weighted by atomic mass is 19.4. The maximum absolute atomic E-state index is 12.5. The van der Waals surface area contributed by atoms with E-state index in [1.165, 1.54) is 12.1 Å². The van der Waals surface area contributed by atoms with Crippen molar-refractivity contribution >= 4 is 0 Å². The molecule has 1 unspecified atom stereocenters. The largest absolute Gasteiger partial charge is 0.416 e. The van der Waals surface area contributed by atoms with Gasteiger partial charge in [-0.05, 0) is 30.5 Å². The molecule has 0 amide bonds. The Bertz CT molecular complexity index is 397. The van der Waals surface area contributed by atoms with Crippen molar-refractivity contribution in [2.24, 2.45) is 0 Å². The number of halogens is 3. The van der Waals surface area contributed by atoms with E-state index in [0.29, 0.717) is 0 Å². The van der Waals surface area contributed by atoms with Crippen molar-refractivity contribution in [1.82, 2.24) is 0 Å². The molecule has 0 spiro atoms. The van der Waals surface area contributed by atoms with Crippen molar-refractivity contribution < 1.29 is 23.4 Å². The van der Waals surface area contributed by atoms with Crippen molar-refractivity contribution in [1.29, 1.82) is 0 Å². The molecule has 5 heteroatoms. The summed E-state index contributed by atoms with van der Waals surface area (Å²) in [5.41, 5.74) is -2.14. The summed E-state index contributed by atoms with van der Waals surface area (Å²) in [5.74, 6) is 0. The van der Waals surface area contributed by atoms with E-state index in [-0.39, 0.29) is 18.4 Å². The highest BCUT2D eigenvalue weighted by molar-refractivity contribution is 5.28. The summed E-state index contributed by atoms with van der Waals surface area (Å²) >= 11 is 0. The molecule has 0 fully saturated rings. The third-order valence-corrected chi connectivity index (χ3v) is 3.26. The predicted octanol–water partition coefficient (Wildman–Crippen LogP) is 3.29. The number of benzene rings is 1. The summed E-state index contributed by atoms with van der Waals surface area (Å²) in [4.78, 5) is 0. The summed E-state index contributed by atoms with van der Waals surface area (Å²) in [6, 6.07) is 4.43. The lowest BCUT2D eigenvalue weighted by molar-refractivity contribution is -0.138. The smallest absolute Gasteiger partial charge is 0.387 e. The van der Waals surface area contributed by atoms with Crippen LogP contribution >= 0.6 is 0 Å². The Kier molecular flexibility index (Phi) is 4.40. The average molecular weight is 262 g/mol. The van der Waals surface area contributed by atoms with Gasteiger partial charge in [-0.2, -0.15) is 13.2 Å². The molecule has 102 valence electrons. The SMILES string of the molecule is CCC(O)(CC)C(O)c1cccc(C(F)(F)F)c1. The summed E-state index contributed by atoms with van der Waals surface area (Å²) in [6.45, 7) is 3.36. The Morgan fingerprint density at radius 2 is 1.72 bits per heavy atom. The summed E-state index contributed by atoms with van der Waals surface area (Å²) < 4.78 is 37.6. The first kappa shape index (κ1) is 15.0. The molecule has 2 nitrogen and oxygen atoms in total. The molecule has 0 radical (unpaired) electrons. The van der Waals surface area contributed by atoms with Crippen LogP contribution in [0.1, 0.15) is 43.9 Å². The van der Waals surface area contributed by atoms with Gasteiger partial charge in [-0.1, -0.05) is 26.0 Å². The molecular weight excluding hydrogens is 245 g/mol. The zero-order valence-corrected chi connectivity index (χ0v) is 10.3. The minimum absolute atomic E-state index is 0.0797. The van der Waals surface area contributed by atoms with E-state index >= 15 is 0 Å². The first-order valence-corrected chi connectivity index (χ1v) is 5.82. The van der Waals surface area contributed by atoms with E-state index in [4.69, 9.17) is 0 Å². The van der Waals surface area contributed by atoms with Crippen LogP contribution in [0.5, 0.6) is 0 Å². The fourth-order valence-corrected chi connectivity index (χ4v) is 1.83. The third-order valence-electron chi connectivity index (χ3n) is 3.26. The van der Waals surface area contributed by atoms with Crippen molar-refractivity contribution in [2.45, 2.75) is 44.6 Å². The Balaban J connectivity index is 3.11. The van der Waals surface area contributed by atoms with Crippen molar-refractivity contribution in [3.63, 3.8) is 0 Å². The van der Waals surface area contributed by atoms with Gasteiger partial charge in [0.05, 0.1) is 11.2 Å². The fourth-order valence-electron chi connectivity index (χ4n) is 1.83. The van der Waals surface area contributed by atoms with Crippen molar-refractivity contribution in [3.8, 4) is 0 Å². The van der Waals surface area contributed by atoms with E-state index in [2.05, 4.69) is 0 Å². The molecule has 0 aromatic heterocycles. The van der Waals surface area contributed by atoms with Gasteiger partial charge < -0.3 is 10.2 Å². The van der Waals surface area contributed by atoms with Crippen LogP contribution in [0.3, 0.4) is 0 Å². The number of aliphatic hydroxyl groups excluding tert-OH is 1. The molecule has 0 aliphatic carbocycles. The first-order chi connectivity index (χ1) is 8.24. The molecule has 0 saturated heterocycles. The zero-order chi connectivity index (χ0) is 14.0. The van der Waals surface area contributed by atoms with Gasteiger partial charge in [0.2, 0.25) is 0 Å². The van der Waals surface area contributed by atoms with E-state index in [1.807, 2.05) is 0 Å². The molecule has 18 heavy (non-hydrogen) atoms. The number of hydrogen-bond acceptors (Lipinski definition) is 2. The Morgan fingerprint density at radius 3 is 2.17 bits per heavy atom. The molecule has 1 aromatic rings. The Labute approximate surface area is 104 Å². The van der Waals surface area contributed by atoms with Crippen LogP contribution in [-0.2, 0) is 6.18 Å². The minimum Gasteiger partial charge on any atom is -0.387 e. The van der Waals surface area contributed by atoms with Gasteiger partial charge in [-0.3, -0.25) is 0 Å². The lowest BCUT2D eigenvalue weighted by atomic mass is 9.86. The van der Waals surface area contributed by atoms with Crippen LogP contribution in [0, 0.1) is 0 Å². The van der Waals surface area contributed by atoms with Gasteiger partial charge in [0.25, 0.3) is 0 Å². The number of aliphatic hydroxyl groups is 2. The van der Waals surface area contributed by atoms with Crippen LogP contribution in [0.15, 0.2) is 24.3 Å². The first-order valence-electron chi connectivity index (χ1n) is 5.82. The lowest BCUT2D eigenvalue weighted by Gasteiger charge is -2.31. The molecule has 0 aliphatic heterocycles. The van der Waals surface area contributed by atoms with E-state index < -0.39 is 23.4 Å². The second-order valence-electron chi connectivity index (χ2n) is 4.34. The highest BCUT2D eigenvalue weighted by Crippen LogP contribution is 2.35. The van der Waals surface area contributed by atoms with Crippen LogP contribution in [0.4, 0.5) is 13.2 Å². The van der Waals surface area contributed by atoms with E-state index in [0.717, 1.165) is 12.1 Å². The van der Waals surface area contributed by atoms with Gasteiger partial charge in [-0.15, -0.1) is 0 Å². The predicted molar refractivity (Wildman–Crippen MR) is 61.9 cm³/mol. The zero-order valence-electron chi connectivity index (χ0n) is 10.3. The van der Waals surface area contributed by atoms with Gasteiger partial charge in [-0.25, -0.2) is 0 Å². The second-order valence-corrected chi connectivity index (χ2v) is 4.34. The summed E-state index contributed by atoms with van der Waals surface area (Å²) in [5, 5.41) is 20.1. The van der Waals surface area contributed by atoms with E-state index in [1.54, 1.807) is 13.8 Å².